The third-order valence-electron chi connectivity index (χ3n) is 4.38. The quantitative estimate of drug-likeness (QED) is 0.761. The number of benzene rings is 1. The van der Waals surface area contributed by atoms with E-state index in [1.165, 1.54) is 5.56 Å². The minimum absolute atomic E-state index is 0. The summed E-state index contributed by atoms with van der Waals surface area (Å²) >= 11 is 0. The van der Waals surface area contributed by atoms with Crippen LogP contribution in [-0.4, -0.2) is 29.7 Å². The maximum absolute atomic E-state index is 10.9. The Kier molecular flexibility index (Phi) is 7.06. The Morgan fingerprint density at radius 3 is 2.11 bits per heavy atom. The number of pyridine rings is 1. The Morgan fingerprint density at radius 2 is 1.67 bits per heavy atom. The summed E-state index contributed by atoms with van der Waals surface area (Å²) in [6.45, 7) is 13.6. The van der Waals surface area contributed by atoms with Crippen LogP contribution >= 0.6 is 0 Å². The van der Waals surface area contributed by atoms with Crippen molar-refractivity contribution in [2.24, 2.45) is 0 Å². The average molecular weight is 372 g/mol. The lowest BCUT2D eigenvalue weighted by atomic mass is 9.83. The van der Waals surface area contributed by atoms with E-state index in [2.05, 4.69) is 64.0 Å². The average Bonchev–Trinajstić information content (AvgIpc) is 2.52. The van der Waals surface area contributed by atoms with Crippen LogP contribution in [0.15, 0.2) is 30.5 Å². The number of aromatic nitrogens is 1. The summed E-state index contributed by atoms with van der Waals surface area (Å²) in [5.41, 5.74) is 3.86. The zero-order valence-electron chi connectivity index (χ0n) is 17.4. The van der Waals surface area contributed by atoms with E-state index in [4.69, 9.17) is 0 Å². The van der Waals surface area contributed by atoms with Gasteiger partial charge in [-0.1, -0.05) is 34.3 Å². The maximum atomic E-state index is 10.9. The zero-order chi connectivity index (χ0) is 19.7. The topological polar surface area (TPSA) is 48.4 Å². The molecule has 1 aromatic carbocycles. The number of rotatable bonds is 4. The molecule has 1 aromatic heterocycles. The first kappa shape index (κ1) is 23.0. The maximum Gasteiger partial charge on any atom is 0.127 e. The Bertz CT molecular complexity index is 751. The van der Waals surface area contributed by atoms with E-state index >= 15 is 0 Å². The van der Waals surface area contributed by atoms with E-state index < -0.39 is 0 Å². The minimum Gasteiger partial charge on any atom is -0.507 e. The fourth-order valence-electron chi connectivity index (χ4n) is 2.65. The van der Waals surface area contributed by atoms with Crippen LogP contribution in [0.3, 0.4) is 0 Å². The summed E-state index contributed by atoms with van der Waals surface area (Å²) in [6, 6.07) is 8.19. The van der Waals surface area contributed by atoms with Gasteiger partial charge in [0.2, 0.25) is 0 Å². The number of nitrogens with one attached hydrogen (secondary N) is 1. The molecule has 0 spiro atoms. The Morgan fingerprint density at radius 1 is 1.04 bits per heavy atom. The molecule has 0 aliphatic rings. The Hall–Kier alpha value is -2.07. The van der Waals surface area contributed by atoms with Crippen LogP contribution in [0.25, 0.3) is 11.1 Å². The number of phenolic OH excluding ortho intramolecular Hbond substituents is 1. The van der Waals surface area contributed by atoms with E-state index in [9.17, 15) is 5.11 Å². The second-order valence-corrected chi connectivity index (χ2v) is 9.18. The van der Waals surface area contributed by atoms with Crippen molar-refractivity contribution in [3.63, 3.8) is 0 Å². The van der Waals surface area contributed by atoms with Gasteiger partial charge in [-0.25, -0.2) is 4.98 Å². The number of hydrogen-bond donors (Lipinski definition) is 2. The van der Waals surface area contributed by atoms with Gasteiger partial charge in [-0.15, -0.1) is 0 Å². The predicted octanol–water partition coefficient (Wildman–Crippen LogP) is 5.34. The highest BCUT2D eigenvalue weighted by molar-refractivity contribution is 5.73. The molecule has 0 saturated heterocycles. The highest BCUT2D eigenvalue weighted by Crippen LogP contribution is 2.37. The van der Waals surface area contributed by atoms with Crippen molar-refractivity contribution in [1.82, 2.24) is 10.3 Å². The summed E-state index contributed by atoms with van der Waals surface area (Å²) in [4.78, 5) is 6.47. The molecular weight excluding hydrogens is 334 g/mol. The molecule has 150 valence electrons. The third kappa shape index (κ3) is 5.96. The molecule has 2 N–H and O–H groups in total. The van der Waals surface area contributed by atoms with Gasteiger partial charge in [0.25, 0.3) is 0 Å². The van der Waals surface area contributed by atoms with Gasteiger partial charge in [0, 0.05) is 49.1 Å². The van der Waals surface area contributed by atoms with E-state index in [-0.39, 0.29) is 18.4 Å². The van der Waals surface area contributed by atoms with Gasteiger partial charge in [0.1, 0.15) is 11.6 Å². The van der Waals surface area contributed by atoms with Crippen LogP contribution in [0.5, 0.6) is 5.75 Å². The van der Waals surface area contributed by atoms with E-state index in [1.54, 1.807) is 0 Å². The van der Waals surface area contributed by atoms with Gasteiger partial charge >= 0.3 is 0 Å². The normalized spacial score (nSPS) is 11.9. The highest BCUT2D eigenvalue weighted by atomic mass is 16.3. The van der Waals surface area contributed by atoms with Crippen LogP contribution in [0.4, 0.5) is 5.82 Å². The van der Waals surface area contributed by atoms with Gasteiger partial charge in [-0.3, -0.25) is 0 Å². The molecule has 2 rings (SSSR count). The molecule has 0 unspecified atom stereocenters. The Balaban J connectivity index is 0.00000364. The van der Waals surface area contributed by atoms with Gasteiger partial charge < -0.3 is 15.3 Å². The first-order chi connectivity index (χ1) is 11.9. The third-order valence-corrected chi connectivity index (χ3v) is 4.38. The molecule has 0 fully saturated rings. The number of nitrogens with zero attached hydrogens (tertiary/aromatic N) is 2. The van der Waals surface area contributed by atoms with Crippen LogP contribution < -0.4 is 10.2 Å². The second-order valence-electron chi connectivity index (χ2n) is 9.18. The summed E-state index contributed by atoms with van der Waals surface area (Å²) in [7, 11) is 3.94. The van der Waals surface area contributed by atoms with Crippen molar-refractivity contribution >= 4 is 5.82 Å². The van der Waals surface area contributed by atoms with Crippen LogP contribution in [0, 0.1) is 0 Å². The van der Waals surface area contributed by atoms with Crippen molar-refractivity contribution in [2.45, 2.75) is 66.5 Å². The first-order valence-corrected chi connectivity index (χ1v) is 9.13. The monoisotopic (exact) mass is 371 g/mol. The smallest absolute Gasteiger partial charge is 0.127 e. The zero-order valence-corrected chi connectivity index (χ0v) is 17.4. The van der Waals surface area contributed by atoms with Crippen LogP contribution in [0.1, 0.15) is 60.1 Å². The van der Waals surface area contributed by atoms with Gasteiger partial charge in [-0.2, -0.15) is 0 Å². The summed E-state index contributed by atoms with van der Waals surface area (Å²) in [5.74, 6) is 1.23. The molecule has 2 aromatic rings. The van der Waals surface area contributed by atoms with Crippen molar-refractivity contribution in [2.75, 3.05) is 19.0 Å². The number of hydrogen-bond acceptors (Lipinski definition) is 4. The van der Waals surface area contributed by atoms with Crippen molar-refractivity contribution in [3.05, 3.63) is 41.6 Å². The lowest BCUT2D eigenvalue weighted by molar-refractivity contribution is 0.411. The minimum atomic E-state index is -0.0146. The molecule has 0 aliphatic heterocycles. The largest absolute Gasteiger partial charge is 0.507 e. The highest BCUT2D eigenvalue weighted by Gasteiger charge is 2.20. The number of anilines is 1. The standard InChI is InChI=1S/C22H33N3O.CH4/c1-21(2,3)17-11-16(14-24-22(4,5)6)20(26)18(12-17)15-9-10-19(23-13-15)25(7)8;/h9-13,24,26H,14H2,1-8H3;1H4. The molecule has 4 nitrogen and oxygen atoms in total. The summed E-state index contributed by atoms with van der Waals surface area (Å²) in [5, 5.41) is 14.4. The number of aromatic hydroxyl groups is 1. The molecule has 27 heavy (non-hydrogen) atoms. The van der Waals surface area contributed by atoms with E-state index in [1.807, 2.05) is 37.3 Å². The van der Waals surface area contributed by atoms with E-state index in [0.717, 1.165) is 22.5 Å². The second kappa shape index (κ2) is 8.30. The fourth-order valence-corrected chi connectivity index (χ4v) is 2.65. The predicted molar refractivity (Wildman–Crippen MR) is 118 cm³/mol. The lowest BCUT2D eigenvalue weighted by Crippen LogP contribution is -2.35. The molecule has 0 saturated carbocycles. The Labute approximate surface area is 165 Å². The SMILES string of the molecule is C.CN(C)c1ccc(-c2cc(C(C)(C)C)cc(CNC(C)(C)C)c2O)cn1. The van der Waals surface area contributed by atoms with Crippen molar-refractivity contribution in [1.29, 1.82) is 0 Å². The van der Waals surface area contributed by atoms with Gasteiger partial charge in [0.15, 0.2) is 0 Å². The fraction of sp³-hybridized carbons (Fsp3) is 0.522. The molecule has 0 bridgehead atoms. The van der Waals surface area contributed by atoms with Crippen molar-refractivity contribution in [3.8, 4) is 16.9 Å². The van der Waals surface area contributed by atoms with Crippen LogP contribution in [0.2, 0.25) is 0 Å². The lowest BCUT2D eigenvalue weighted by Gasteiger charge is -2.25. The molecule has 0 radical (unpaired) electrons. The molecular formula is C23H37N3O. The number of phenols is 1. The molecule has 0 atom stereocenters. The van der Waals surface area contributed by atoms with Gasteiger partial charge in [0.05, 0.1) is 0 Å². The summed E-state index contributed by atoms with van der Waals surface area (Å²) in [6.07, 6.45) is 1.83. The van der Waals surface area contributed by atoms with Gasteiger partial charge in [-0.05, 0) is 49.9 Å². The summed E-state index contributed by atoms with van der Waals surface area (Å²) < 4.78 is 0. The van der Waals surface area contributed by atoms with E-state index in [0.29, 0.717) is 12.3 Å². The van der Waals surface area contributed by atoms with Crippen LogP contribution in [-0.2, 0) is 12.0 Å². The van der Waals surface area contributed by atoms with Crippen molar-refractivity contribution < 1.29 is 5.11 Å². The molecule has 1 heterocycles. The molecule has 0 amide bonds. The molecule has 4 heteroatoms. The first-order valence-electron chi connectivity index (χ1n) is 9.13. The molecule has 0 aliphatic carbocycles.